The van der Waals surface area contributed by atoms with Gasteiger partial charge in [0, 0.05) is 10.6 Å². The molecule has 1 aliphatic rings. The number of thiophene rings is 1. The number of hydrogen-bond donors (Lipinski definition) is 2. The summed E-state index contributed by atoms with van der Waals surface area (Å²) in [4.78, 5) is 24.8. The first-order valence-electron chi connectivity index (χ1n) is 8.02. The highest BCUT2D eigenvalue weighted by Crippen LogP contribution is 2.39. The van der Waals surface area contributed by atoms with Gasteiger partial charge in [-0.15, -0.1) is 11.3 Å². The molecule has 0 fully saturated rings. The minimum atomic E-state index is -0.395. The molecule has 0 unspecified atom stereocenters. The maximum Gasteiger partial charge on any atom is 0.341 e. The van der Waals surface area contributed by atoms with Gasteiger partial charge in [0.1, 0.15) is 5.00 Å². The molecule has 1 aliphatic carbocycles. The van der Waals surface area contributed by atoms with E-state index in [1.807, 2.05) is 0 Å². The van der Waals surface area contributed by atoms with E-state index in [1.165, 1.54) is 30.4 Å². The van der Waals surface area contributed by atoms with Crippen LogP contribution in [0.3, 0.4) is 0 Å². The summed E-state index contributed by atoms with van der Waals surface area (Å²) in [5.74, 6) is -0.745. The first kappa shape index (κ1) is 18.3. The molecule has 1 aromatic heterocycles. The second-order valence-electron chi connectivity index (χ2n) is 5.70. The molecule has 0 atom stereocenters. The molecule has 26 heavy (non-hydrogen) atoms. The number of thiocarbonyl (C=S) groups is 1. The number of methoxy groups -OCH3 is 2. The van der Waals surface area contributed by atoms with E-state index < -0.39 is 5.97 Å². The molecule has 8 heteroatoms. The molecular formula is C18H18N2O4S2. The molecule has 0 amide bonds. The van der Waals surface area contributed by atoms with E-state index in [0.29, 0.717) is 21.2 Å². The van der Waals surface area contributed by atoms with Crippen LogP contribution >= 0.6 is 23.6 Å². The summed E-state index contributed by atoms with van der Waals surface area (Å²) < 4.78 is 9.60. The van der Waals surface area contributed by atoms with E-state index >= 15 is 0 Å². The van der Waals surface area contributed by atoms with Gasteiger partial charge in [0.2, 0.25) is 0 Å². The Bertz CT molecular complexity index is 859. The van der Waals surface area contributed by atoms with Crippen LogP contribution in [0.15, 0.2) is 24.3 Å². The lowest BCUT2D eigenvalue weighted by Crippen LogP contribution is -2.20. The highest BCUT2D eigenvalue weighted by atomic mass is 32.1. The number of ether oxygens (including phenoxy) is 2. The molecule has 2 aromatic rings. The molecule has 0 aliphatic heterocycles. The minimum Gasteiger partial charge on any atom is -0.465 e. The number of esters is 2. The van der Waals surface area contributed by atoms with Gasteiger partial charge in [0.25, 0.3) is 0 Å². The molecule has 3 rings (SSSR count). The van der Waals surface area contributed by atoms with Gasteiger partial charge in [-0.25, -0.2) is 9.59 Å². The number of anilines is 2. The van der Waals surface area contributed by atoms with Crippen molar-refractivity contribution >= 4 is 51.3 Å². The SMILES string of the molecule is COC(=O)c1ccc(NC(=S)Nc2sc3c(c2C(=O)OC)CCC3)cc1. The number of rotatable bonds is 4. The predicted octanol–water partition coefficient (Wildman–Crippen LogP) is 3.62. The van der Waals surface area contributed by atoms with Crippen molar-refractivity contribution in [2.45, 2.75) is 19.3 Å². The quantitative estimate of drug-likeness (QED) is 0.610. The van der Waals surface area contributed by atoms with E-state index in [2.05, 4.69) is 15.4 Å². The zero-order valence-electron chi connectivity index (χ0n) is 14.4. The van der Waals surface area contributed by atoms with E-state index in [0.717, 1.165) is 30.5 Å². The molecule has 0 radical (unpaired) electrons. The van der Waals surface area contributed by atoms with Crippen molar-refractivity contribution in [2.75, 3.05) is 24.9 Å². The average molecular weight is 390 g/mol. The molecule has 0 bridgehead atoms. The number of aryl methyl sites for hydroxylation is 1. The maximum atomic E-state index is 12.2. The Balaban J connectivity index is 1.73. The largest absolute Gasteiger partial charge is 0.465 e. The number of carbonyl (C=O) groups is 2. The fourth-order valence-electron chi connectivity index (χ4n) is 2.88. The van der Waals surface area contributed by atoms with Crippen molar-refractivity contribution in [3.8, 4) is 0 Å². The fraction of sp³-hybridized carbons (Fsp3) is 0.278. The van der Waals surface area contributed by atoms with Gasteiger partial charge in [-0.1, -0.05) is 0 Å². The molecule has 6 nitrogen and oxygen atoms in total. The molecule has 0 spiro atoms. The summed E-state index contributed by atoms with van der Waals surface area (Å²) >= 11 is 6.90. The summed E-state index contributed by atoms with van der Waals surface area (Å²) in [6.45, 7) is 0. The van der Waals surface area contributed by atoms with Crippen LogP contribution in [0.2, 0.25) is 0 Å². The number of fused-ring (bicyclic) bond motifs is 1. The minimum absolute atomic E-state index is 0.350. The highest BCUT2D eigenvalue weighted by Gasteiger charge is 2.27. The van der Waals surface area contributed by atoms with Gasteiger partial charge in [-0.2, -0.15) is 0 Å². The fourth-order valence-corrected chi connectivity index (χ4v) is 4.45. The van der Waals surface area contributed by atoms with E-state index in [-0.39, 0.29) is 5.97 Å². The first-order chi connectivity index (χ1) is 12.5. The van der Waals surface area contributed by atoms with Gasteiger partial charge in [0.15, 0.2) is 5.11 Å². The van der Waals surface area contributed by atoms with E-state index in [9.17, 15) is 9.59 Å². The molecule has 0 saturated carbocycles. The third-order valence-electron chi connectivity index (χ3n) is 4.10. The number of hydrogen-bond acceptors (Lipinski definition) is 6. The Labute approximate surface area is 160 Å². The van der Waals surface area contributed by atoms with Crippen LogP contribution in [0.4, 0.5) is 10.7 Å². The monoisotopic (exact) mass is 390 g/mol. The van der Waals surface area contributed by atoms with E-state index in [1.54, 1.807) is 24.3 Å². The zero-order chi connectivity index (χ0) is 18.7. The van der Waals surface area contributed by atoms with Crippen molar-refractivity contribution in [3.63, 3.8) is 0 Å². The Morgan fingerprint density at radius 1 is 1.04 bits per heavy atom. The van der Waals surface area contributed by atoms with E-state index in [4.69, 9.17) is 17.0 Å². The normalized spacial score (nSPS) is 12.2. The van der Waals surface area contributed by atoms with Crippen molar-refractivity contribution in [2.24, 2.45) is 0 Å². The van der Waals surface area contributed by atoms with Crippen LogP contribution in [0.1, 0.15) is 37.6 Å². The number of benzene rings is 1. The lowest BCUT2D eigenvalue weighted by molar-refractivity contribution is 0.0592. The molecule has 1 aromatic carbocycles. The molecule has 0 saturated heterocycles. The zero-order valence-corrected chi connectivity index (χ0v) is 16.0. The average Bonchev–Trinajstić information content (AvgIpc) is 3.21. The summed E-state index contributed by atoms with van der Waals surface area (Å²) in [7, 11) is 2.72. The Hall–Kier alpha value is -2.45. The number of nitrogens with one attached hydrogen (secondary N) is 2. The predicted molar refractivity (Wildman–Crippen MR) is 105 cm³/mol. The number of carbonyl (C=O) groups excluding carboxylic acids is 2. The van der Waals surface area contributed by atoms with Gasteiger partial charge in [-0.05, 0) is 61.3 Å². The van der Waals surface area contributed by atoms with Gasteiger partial charge < -0.3 is 20.1 Å². The third-order valence-corrected chi connectivity index (χ3v) is 5.51. The topological polar surface area (TPSA) is 76.7 Å². The standard InChI is InChI=1S/C18H18N2O4S2/c1-23-16(21)10-6-8-11(9-7-10)19-18(25)20-15-14(17(22)24-2)12-4-3-5-13(12)26-15/h6-9H,3-5H2,1-2H3,(H2,19,20,25). The Morgan fingerprint density at radius 2 is 1.73 bits per heavy atom. The summed E-state index contributed by atoms with van der Waals surface area (Å²) in [6, 6.07) is 6.76. The van der Waals surface area contributed by atoms with Crippen molar-refractivity contribution in [3.05, 3.63) is 45.8 Å². The Morgan fingerprint density at radius 3 is 2.38 bits per heavy atom. The summed E-state index contributed by atoms with van der Waals surface area (Å²) in [5, 5.41) is 7.21. The lowest BCUT2D eigenvalue weighted by Gasteiger charge is -2.11. The summed E-state index contributed by atoms with van der Waals surface area (Å²) in [6.07, 6.45) is 2.91. The van der Waals surface area contributed by atoms with Gasteiger partial charge in [0.05, 0.1) is 25.3 Å². The van der Waals surface area contributed by atoms with Crippen LogP contribution < -0.4 is 10.6 Å². The van der Waals surface area contributed by atoms with Crippen LogP contribution in [0.5, 0.6) is 0 Å². The lowest BCUT2D eigenvalue weighted by atomic mass is 10.1. The maximum absolute atomic E-state index is 12.2. The summed E-state index contributed by atoms with van der Waals surface area (Å²) in [5.41, 5.74) is 2.82. The van der Waals surface area contributed by atoms with Crippen LogP contribution in [-0.2, 0) is 22.3 Å². The van der Waals surface area contributed by atoms with Crippen molar-refractivity contribution in [1.82, 2.24) is 0 Å². The van der Waals surface area contributed by atoms with Crippen LogP contribution in [0.25, 0.3) is 0 Å². The van der Waals surface area contributed by atoms with Gasteiger partial charge >= 0.3 is 11.9 Å². The molecular weight excluding hydrogens is 372 g/mol. The second-order valence-corrected chi connectivity index (χ2v) is 7.21. The smallest absolute Gasteiger partial charge is 0.341 e. The second kappa shape index (κ2) is 7.84. The van der Waals surface area contributed by atoms with Crippen molar-refractivity contribution in [1.29, 1.82) is 0 Å². The Kier molecular flexibility index (Phi) is 5.53. The molecule has 1 heterocycles. The van der Waals surface area contributed by atoms with Gasteiger partial charge in [-0.3, -0.25) is 0 Å². The molecule has 2 N–H and O–H groups in total. The first-order valence-corrected chi connectivity index (χ1v) is 9.25. The van der Waals surface area contributed by atoms with Crippen LogP contribution in [0, 0.1) is 0 Å². The highest BCUT2D eigenvalue weighted by molar-refractivity contribution is 7.80. The molecule has 136 valence electrons. The third kappa shape index (κ3) is 3.71. The van der Waals surface area contributed by atoms with Crippen molar-refractivity contribution < 1.29 is 19.1 Å². The van der Waals surface area contributed by atoms with Crippen LogP contribution in [-0.4, -0.2) is 31.3 Å².